The molecule has 15 heavy (non-hydrogen) atoms. The lowest BCUT2D eigenvalue weighted by Gasteiger charge is -2.30. The van der Waals surface area contributed by atoms with Gasteiger partial charge < -0.3 is 9.64 Å². The van der Waals surface area contributed by atoms with Crippen molar-refractivity contribution < 1.29 is 9.53 Å². The van der Waals surface area contributed by atoms with Crippen molar-refractivity contribution in [3.05, 3.63) is 0 Å². The van der Waals surface area contributed by atoms with E-state index in [1.54, 1.807) is 26.0 Å². The van der Waals surface area contributed by atoms with Gasteiger partial charge in [-0.3, -0.25) is 4.79 Å². The van der Waals surface area contributed by atoms with E-state index in [0.717, 1.165) is 0 Å². The molecule has 4 nitrogen and oxygen atoms in total. The SMILES string of the molecule is CCC(C)(C#N)C(=O)N(C)C(C)COC. The van der Waals surface area contributed by atoms with Crippen molar-refractivity contribution in [3.8, 4) is 6.07 Å². The van der Waals surface area contributed by atoms with Crippen molar-refractivity contribution in [1.82, 2.24) is 4.90 Å². The maximum atomic E-state index is 12.0. The number of rotatable bonds is 5. The summed E-state index contributed by atoms with van der Waals surface area (Å²) in [7, 11) is 3.30. The third kappa shape index (κ3) is 3.21. The number of ether oxygens (including phenoxy) is 1. The van der Waals surface area contributed by atoms with Gasteiger partial charge in [0, 0.05) is 14.2 Å². The summed E-state index contributed by atoms with van der Waals surface area (Å²) in [6, 6.07) is 2.06. The molecule has 0 aromatic carbocycles. The van der Waals surface area contributed by atoms with E-state index in [1.165, 1.54) is 0 Å². The van der Waals surface area contributed by atoms with Gasteiger partial charge in [-0.2, -0.15) is 5.26 Å². The summed E-state index contributed by atoms with van der Waals surface area (Å²) < 4.78 is 4.98. The first-order valence-electron chi connectivity index (χ1n) is 5.10. The van der Waals surface area contributed by atoms with Crippen LogP contribution in [0.25, 0.3) is 0 Å². The van der Waals surface area contributed by atoms with Gasteiger partial charge in [0.05, 0.1) is 18.7 Å². The molecule has 0 bridgehead atoms. The summed E-state index contributed by atoms with van der Waals surface area (Å²) >= 11 is 0. The van der Waals surface area contributed by atoms with Gasteiger partial charge in [-0.15, -0.1) is 0 Å². The van der Waals surface area contributed by atoms with Crippen molar-refractivity contribution in [2.24, 2.45) is 5.41 Å². The number of carbonyl (C=O) groups excluding carboxylic acids is 1. The highest BCUT2D eigenvalue weighted by molar-refractivity contribution is 5.85. The summed E-state index contributed by atoms with van der Waals surface area (Å²) in [4.78, 5) is 13.6. The molecule has 4 heteroatoms. The summed E-state index contributed by atoms with van der Waals surface area (Å²) in [5, 5.41) is 8.99. The largest absolute Gasteiger partial charge is 0.383 e. The molecule has 0 aliphatic heterocycles. The van der Waals surface area contributed by atoms with Gasteiger partial charge in [-0.05, 0) is 20.3 Å². The van der Waals surface area contributed by atoms with E-state index in [1.807, 2.05) is 13.8 Å². The molecular weight excluding hydrogens is 192 g/mol. The summed E-state index contributed by atoms with van der Waals surface area (Å²) in [6.07, 6.45) is 0.520. The second-order valence-corrected chi connectivity index (χ2v) is 4.02. The van der Waals surface area contributed by atoms with E-state index in [0.29, 0.717) is 13.0 Å². The molecule has 0 saturated carbocycles. The Morgan fingerprint density at radius 3 is 2.53 bits per heavy atom. The standard InChI is InChI=1S/C11H20N2O2/c1-6-11(3,8-12)10(14)13(4)9(2)7-15-5/h9H,6-7H2,1-5H3. The average molecular weight is 212 g/mol. The fraction of sp³-hybridized carbons (Fsp3) is 0.818. The average Bonchev–Trinajstić information content (AvgIpc) is 2.26. The minimum Gasteiger partial charge on any atom is -0.383 e. The van der Waals surface area contributed by atoms with Crippen LogP contribution in [0, 0.1) is 16.7 Å². The first-order valence-corrected chi connectivity index (χ1v) is 5.10. The lowest BCUT2D eigenvalue weighted by molar-refractivity contribution is -0.139. The third-order valence-corrected chi connectivity index (χ3v) is 2.82. The van der Waals surface area contributed by atoms with E-state index in [2.05, 4.69) is 6.07 Å². The van der Waals surface area contributed by atoms with Crippen LogP contribution in [-0.2, 0) is 9.53 Å². The molecule has 86 valence electrons. The number of likely N-dealkylation sites (N-methyl/N-ethyl adjacent to an activating group) is 1. The Balaban J connectivity index is 4.64. The molecule has 1 amide bonds. The van der Waals surface area contributed by atoms with Crippen molar-refractivity contribution in [3.63, 3.8) is 0 Å². The molecule has 0 saturated heterocycles. The van der Waals surface area contributed by atoms with Crippen LogP contribution < -0.4 is 0 Å². The summed E-state index contributed by atoms with van der Waals surface area (Å²) in [5.74, 6) is -0.142. The van der Waals surface area contributed by atoms with E-state index >= 15 is 0 Å². The Hall–Kier alpha value is -1.08. The highest BCUT2D eigenvalue weighted by Crippen LogP contribution is 2.23. The molecule has 0 aromatic heterocycles. The van der Waals surface area contributed by atoms with E-state index in [-0.39, 0.29) is 11.9 Å². The monoisotopic (exact) mass is 212 g/mol. The van der Waals surface area contributed by atoms with Crippen molar-refractivity contribution in [2.75, 3.05) is 20.8 Å². The first-order chi connectivity index (χ1) is 6.92. The molecule has 2 unspecified atom stereocenters. The van der Waals surface area contributed by atoms with E-state index in [4.69, 9.17) is 10.00 Å². The first kappa shape index (κ1) is 13.9. The van der Waals surface area contributed by atoms with Crippen LogP contribution in [0.1, 0.15) is 27.2 Å². The van der Waals surface area contributed by atoms with Gasteiger partial charge >= 0.3 is 0 Å². The molecule has 0 N–H and O–H groups in total. The zero-order chi connectivity index (χ0) is 12.1. The molecule has 0 rings (SSSR count). The molecule has 0 aromatic rings. The van der Waals surface area contributed by atoms with Gasteiger partial charge in [0.25, 0.3) is 0 Å². The van der Waals surface area contributed by atoms with Crippen LogP contribution in [0.3, 0.4) is 0 Å². The number of nitrogens with zero attached hydrogens (tertiary/aromatic N) is 2. The highest BCUT2D eigenvalue weighted by Gasteiger charge is 2.35. The second kappa shape index (κ2) is 5.72. The minimum atomic E-state index is -0.920. The van der Waals surface area contributed by atoms with Crippen molar-refractivity contribution >= 4 is 5.91 Å². The maximum absolute atomic E-state index is 12.0. The van der Waals surface area contributed by atoms with E-state index < -0.39 is 5.41 Å². The fourth-order valence-electron chi connectivity index (χ4n) is 1.22. The maximum Gasteiger partial charge on any atom is 0.242 e. The van der Waals surface area contributed by atoms with Crippen molar-refractivity contribution in [1.29, 1.82) is 5.26 Å². The van der Waals surface area contributed by atoms with Gasteiger partial charge in [0.15, 0.2) is 0 Å². The number of hydrogen-bond acceptors (Lipinski definition) is 3. The Morgan fingerprint density at radius 1 is 1.67 bits per heavy atom. The zero-order valence-corrected chi connectivity index (χ0v) is 10.2. The second-order valence-electron chi connectivity index (χ2n) is 4.02. The van der Waals surface area contributed by atoms with Crippen LogP contribution in [-0.4, -0.2) is 37.6 Å². The molecule has 0 aliphatic carbocycles. The minimum absolute atomic E-state index is 0.0123. The van der Waals surface area contributed by atoms with Crippen LogP contribution in [0.15, 0.2) is 0 Å². The van der Waals surface area contributed by atoms with Gasteiger partial charge in [0.1, 0.15) is 5.41 Å². The fourth-order valence-corrected chi connectivity index (χ4v) is 1.22. The lowest BCUT2D eigenvalue weighted by Crippen LogP contribution is -2.45. The van der Waals surface area contributed by atoms with Crippen LogP contribution in [0.2, 0.25) is 0 Å². The summed E-state index contributed by atoms with van der Waals surface area (Å²) in [5.41, 5.74) is -0.920. The quantitative estimate of drug-likeness (QED) is 0.692. The van der Waals surface area contributed by atoms with E-state index in [9.17, 15) is 4.79 Å². The molecule has 0 fully saturated rings. The van der Waals surface area contributed by atoms with Gasteiger partial charge in [0.2, 0.25) is 5.91 Å². The van der Waals surface area contributed by atoms with Crippen LogP contribution in [0.4, 0.5) is 0 Å². The molecule has 0 aliphatic rings. The Labute approximate surface area is 91.8 Å². The third-order valence-electron chi connectivity index (χ3n) is 2.82. The lowest BCUT2D eigenvalue weighted by atomic mass is 9.87. The molecule has 2 atom stereocenters. The predicted molar refractivity (Wildman–Crippen MR) is 58.1 cm³/mol. The Kier molecular flexibility index (Phi) is 5.31. The normalized spacial score (nSPS) is 16.3. The van der Waals surface area contributed by atoms with Crippen molar-refractivity contribution in [2.45, 2.75) is 33.2 Å². The number of nitriles is 1. The smallest absolute Gasteiger partial charge is 0.242 e. The number of methoxy groups -OCH3 is 1. The predicted octanol–water partition coefficient (Wildman–Crippen LogP) is 1.42. The van der Waals surface area contributed by atoms with Crippen LogP contribution in [0.5, 0.6) is 0 Å². The Morgan fingerprint density at radius 2 is 2.20 bits per heavy atom. The highest BCUT2D eigenvalue weighted by atomic mass is 16.5. The number of amides is 1. The molecule has 0 heterocycles. The number of carbonyl (C=O) groups is 1. The number of hydrogen-bond donors (Lipinski definition) is 0. The zero-order valence-electron chi connectivity index (χ0n) is 10.2. The molecule has 0 radical (unpaired) electrons. The van der Waals surface area contributed by atoms with Gasteiger partial charge in [-0.25, -0.2) is 0 Å². The Bertz CT molecular complexity index is 260. The molecule has 0 spiro atoms. The topological polar surface area (TPSA) is 53.3 Å². The summed E-state index contributed by atoms with van der Waals surface area (Å²) in [6.45, 7) is 5.89. The van der Waals surface area contributed by atoms with Gasteiger partial charge in [-0.1, -0.05) is 6.92 Å². The molecular formula is C11H20N2O2. The van der Waals surface area contributed by atoms with Crippen LogP contribution >= 0.6 is 0 Å².